The normalized spacial score (nSPS) is 14.3. The summed E-state index contributed by atoms with van der Waals surface area (Å²) >= 11 is 3.50. The molecule has 1 aromatic heterocycles. The lowest BCUT2D eigenvalue weighted by molar-refractivity contribution is 0.0928. The van der Waals surface area contributed by atoms with Crippen LogP contribution in [0.15, 0.2) is 6.07 Å². The maximum absolute atomic E-state index is 12.2. The molecule has 0 spiro atoms. The quantitative estimate of drug-likeness (QED) is 0.820. The summed E-state index contributed by atoms with van der Waals surface area (Å²) in [5.74, 6) is -0.0373. The van der Waals surface area contributed by atoms with Gasteiger partial charge in [0.15, 0.2) is 0 Å². The van der Waals surface area contributed by atoms with Gasteiger partial charge in [-0.05, 0) is 32.8 Å². The number of nitrogens with one attached hydrogen (secondary N) is 1. The number of carbonyl (C=O) groups is 1. The molecule has 18 heavy (non-hydrogen) atoms. The summed E-state index contributed by atoms with van der Waals surface area (Å²) in [4.78, 5) is 12.6. The van der Waals surface area contributed by atoms with Crippen molar-refractivity contribution in [2.24, 2.45) is 0 Å². The molecule has 1 heterocycles. The predicted octanol–water partition coefficient (Wildman–Crippen LogP) is 2.76. The van der Waals surface area contributed by atoms with Crippen LogP contribution in [0.3, 0.4) is 0 Å². The van der Waals surface area contributed by atoms with Gasteiger partial charge in [0.25, 0.3) is 5.91 Å². The Labute approximate surface area is 117 Å². The monoisotopic (exact) mass is 315 g/mol. The number of nitrogens with zero attached hydrogens (tertiary/aromatic N) is 2. The van der Waals surface area contributed by atoms with Crippen molar-refractivity contribution >= 4 is 21.8 Å². The highest BCUT2D eigenvalue weighted by atomic mass is 79.9. The Bertz CT molecular complexity index is 401. The molecule has 102 valence electrons. The molecular weight excluding hydrogens is 294 g/mol. The molecule has 1 rings (SSSR count). The number of aryl methyl sites for hydroxylation is 2. The molecule has 0 aromatic carbocycles. The van der Waals surface area contributed by atoms with Gasteiger partial charge in [0.2, 0.25) is 0 Å². The molecule has 4 nitrogen and oxygen atoms in total. The minimum absolute atomic E-state index is 0.0373. The summed E-state index contributed by atoms with van der Waals surface area (Å²) in [7, 11) is 0. The zero-order valence-electron chi connectivity index (χ0n) is 11.5. The number of amides is 1. The topological polar surface area (TPSA) is 46.9 Å². The molecular formula is C13H22BrN3O. The Balaban J connectivity index is 2.74. The van der Waals surface area contributed by atoms with Gasteiger partial charge < -0.3 is 5.32 Å². The molecule has 0 bridgehead atoms. The summed E-state index contributed by atoms with van der Waals surface area (Å²) in [6.45, 7) is 8.84. The van der Waals surface area contributed by atoms with E-state index in [0.29, 0.717) is 17.1 Å². The summed E-state index contributed by atoms with van der Waals surface area (Å²) < 4.78 is 1.76. The number of rotatable bonds is 6. The first-order valence-electron chi connectivity index (χ1n) is 6.49. The van der Waals surface area contributed by atoms with Gasteiger partial charge in [-0.25, -0.2) is 0 Å². The van der Waals surface area contributed by atoms with Crippen LogP contribution >= 0.6 is 15.9 Å². The van der Waals surface area contributed by atoms with E-state index in [-0.39, 0.29) is 11.9 Å². The molecule has 0 aliphatic heterocycles. The van der Waals surface area contributed by atoms with Gasteiger partial charge in [-0.15, -0.1) is 0 Å². The van der Waals surface area contributed by atoms with Gasteiger partial charge in [0.1, 0.15) is 5.69 Å². The number of aromatic nitrogens is 2. The average molecular weight is 316 g/mol. The van der Waals surface area contributed by atoms with E-state index in [4.69, 9.17) is 0 Å². The first kappa shape index (κ1) is 15.2. The zero-order chi connectivity index (χ0) is 13.7. The molecule has 0 radical (unpaired) electrons. The van der Waals surface area contributed by atoms with Gasteiger partial charge in [-0.1, -0.05) is 29.8 Å². The minimum Gasteiger partial charge on any atom is -0.348 e. The highest BCUT2D eigenvalue weighted by Crippen LogP contribution is 2.09. The Hall–Kier alpha value is -0.840. The van der Waals surface area contributed by atoms with Crippen molar-refractivity contribution in [1.82, 2.24) is 15.1 Å². The number of alkyl halides is 1. The van der Waals surface area contributed by atoms with Crippen molar-refractivity contribution in [2.75, 3.05) is 0 Å². The predicted molar refractivity (Wildman–Crippen MR) is 77.2 cm³/mol. The lowest BCUT2D eigenvalue weighted by Crippen LogP contribution is -2.35. The maximum Gasteiger partial charge on any atom is 0.269 e. The van der Waals surface area contributed by atoms with E-state index in [2.05, 4.69) is 33.3 Å². The zero-order valence-corrected chi connectivity index (χ0v) is 13.1. The lowest BCUT2D eigenvalue weighted by atomic mass is 10.2. The number of hydrogen-bond donors (Lipinski definition) is 1. The number of carbonyl (C=O) groups excluding carboxylic acids is 1. The van der Waals surface area contributed by atoms with Crippen molar-refractivity contribution in [1.29, 1.82) is 0 Å². The van der Waals surface area contributed by atoms with Gasteiger partial charge in [-0.3, -0.25) is 9.48 Å². The van der Waals surface area contributed by atoms with Crippen LogP contribution in [-0.4, -0.2) is 26.6 Å². The maximum atomic E-state index is 12.2. The summed E-state index contributed by atoms with van der Waals surface area (Å²) in [6.07, 6.45) is 1.76. The van der Waals surface area contributed by atoms with Gasteiger partial charge >= 0.3 is 0 Å². The van der Waals surface area contributed by atoms with Crippen molar-refractivity contribution < 1.29 is 4.79 Å². The molecule has 2 unspecified atom stereocenters. The van der Waals surface area contributed by atoms with E-state index < -0.39 is 0 Å². The van der Waals surface area contributed by atoms with Crippen molar-refractivity contribution in [2.45, 2.75) is 58.0 Å². The minimum atomic E-state index is -0.0373. The fourth-order valence-electron chi connectivity index (χ4n) is 1.91. The van der Waals surface area contributed by atoms with Crippen LogP contribution in [0, 0.1) is 0 Å². The molecule has 5 heteroatoms. The van der Waals surface area contributed by atoms with Crippen molar-refractivity contribution in [3.63, 3.8) is 0 Å². The van der Waals surface area contributed by atoms with Crippen LogP contribution in [-0.2, 0) is 13.0 Å². The van der Waals surface area contributed by atoms with Crippen LogP contribution in [0.2, 0.25) is 0 Å². The SMILES string of the molecule is CCc1cc(C(=O)NC(C)CC(C)Br)n(CC)n1. The molecule has 0 aliphatic rings. The third-order valence-electron chi connectivity index (χ3n) is 2.78. The molecule has 1 aromatic rings. The van der Waals surface area contributed by atoms with E-state index in [1.165, 1.54) is 0 Å². The fraction of sp³-hybridized carbons (Fsp3) is 0.692. The second-order valence-electron chi connectivity index (χ2n) is 4.58. The lowest BCUT2D eigenvalue weighted by Gasteiger charge is -2.15. The first-order valence-corrected chi connectivity index (χ1v) is 7.41. The number of hydrogen-bond acceptors (Lipinski definition) is 2. The average Bonchev–Trinajstić information content (AvgIpc) is 2.70. The van der Waals surface area contributed by atoms with Crippen LogP contribution in [0.5, 0.6) is 0 Å². The highest BCUT2D eigenvalue weighted by molar-refractivity contribution is 9.09. The van der Waals surface area contributed by atoms with Crippen LogP contribution in [0.25, 0.3) is 0 Å². The van der Waals surface area contributed by atoms with Crippen molar-refractivity contribution in [3.8, 4) is 0 Å². The van der Waals surface area contributed by atoms with Crippen LogP contribution in [0.4, 0.5) is 0 Å². The Morgan fingerprint density at radius 1 is 1.50 bits per heavy atom. The second kappa shape index (κ2) is 6.92. The summed E-state index contributed by atoms with van der Waals surface area (Å²) in [5, 5.41) is 7.39. The molecule has 2 atom stereocenters. The highest BCUT2D eigenvalue weighted by Gasteiger charge is 2.16. The smallest absolute Gasteiger partial charge is 0.269 e. The molecule has 1 N–H and O–H groups in total. The van der Waals surface area contributed by atoms with E-state index >= 15 is 0 Å². The molecule has 1 amide bonds. The Kier molecular flexibility index (Phi) is 5.85. The molecule has 0 aliphatic carbocycles. The van der Waals surface area contributed by atoms with E-state index in [1.54, 1.807) is 4.68 Å². The van der Waals surface area contributed by atoms with E-state index in [9.17, 15) is 4.79 Å². The third kappa shape index (κ3) is 4.12. The first-order chi connectivity index (χ1) is 8.47. The summed E-state index contributed by atoms with van der Waals surface area (Å²) in [6, 6.07) is 2.03. The molecule has 0 saturated heterocycles. The summed E-state index contributed by atoms with van der Waals surface area (Å²) in [5.41, 5.74) is 1.62. The fourth-order valence-corrected chi connectivity index (χ4v) is 2.47. The van der Waals surface area contributed by atoms with Crippen LogP contribution in [0.1, 0.15) is 50.3 Å². The Morgan fingerprint density at radius 3 is 2.67 bits per heavy atom. The van der Waals surface area contributed by atoms with E-state index in [0.717, 1.165) is 18.5 Å². The van der Waals surface area contributed by atoms with E-state index in [1.807, 2.05) is 26.8 Å². The number of halogens is 1. The third-order valence-corrected chi connectivity index (χ3v) is 3.15. The van der Waals surface area contributed by atoms with Crippen LogP contribution < -0.4 is 5.32 Å². The largest absolute Gasteiger partial charge is 0.348 e. The Morgan fingerprint density at radius 2 is 2.17 bits per heavy atom. The second-order valence-corrected chi connectivity index (χ2v) is 6.14. The van der Waals surface area contributed by atoms with Gasteiger partial charge in [0.05, 0.1) is 5.69 Å². The van der Waals surface area contributed by atoms with Crippen molar-refractivity contribution in [3.05, 3.63) is 17.5 Å². The molecule has 0 saturated carbocycles. The molecule has 0 fully saturated rings. The standard InChI is InChI=1S/C13H22BrN3O/c1-5-11-8-12(17(6-2)16-11)13(18)15-10(4)7-9(3)14/h8-10H,5-7H2,1-4H3,(H,15,18). The van der Waals surface area contributed by atoms with Gasteiger partial charge in [-0.2, -0.15) is 5.10 Å². The van der Waals surface area contributed by atoms with Gasteiger partial charge in [0, 0.05) is 17.4 Å².